The van der Waals surface area contributed by atoms with Gasteiger partial charge in [0.05, 0.1) is 16.6 Å². The lowest BCUT2D eigenvalue weighted by atomic mass is 10.1. The summed E-state index contributed by atoms with van der Waals surface area (Å²) in [5.41, 5.74) is 2.47. The first-order valence-corrected chi connectivity index (χ1v) is 6.81. The molecule has 3 nitrogen and oxygen atoms in total. The lowest BCUT2D eigenvalue weighted by molar-refractivity contribution is 0.892. The minimum absolute atomic E-state index is 0.0301. The monoisotopic (exact) mass is 282 g/mol. The number of fused-ring (bicyclic) bond motifs is 1. The van der Waals surface area contributed by atoms with Crippen LogP contribution in [0.2, 0.25) is 0 Å². The summed E-state index contributed by atoms with van der Waals surface area (Å²) in [7, 11) is 0. The molecular formula is C16H14N2OS. The highest BCUT2D eigenvalue weighted by molar-refractivity contribution is 7.80. The SMILES string of the molecule is Cc1cccc2nc(C)n(-c3ccc(S)cc3)c(=O)c12. The van der Waals surface area contributed by atoms with Crippen molar-refractivity contribution in [1.29, 1.82) is 0 Å². The van der Waals surface area contributed by atoms with Crippen molar-refractivity contribution in [3.63, 3.8) is 0 Å². The van der Waals surface area contributed by atoms with Crippen molar-refractivity contribution in [2.45, 2.75) is 18.7 Å². The number of hydrogen-bond donors (Lipinski definition) is 1. The maximum absolute atomic E-state index is 12.8. The molecular weight excluding hydrogens is 268 g/mol. The van der Waals surface area contributed by atoms with Crippen molar-refractivity contribution in [3.05, 3.63) is 64.2 Å². The lowest BCUT2D eigenvalue weighted by Crippen LogP contribution is -2.22. The predicted octanol–water partition coefficient (Wildman–Crippen LogP) is 3.29. The zero-order chi connectivity index (χ0) is 14.3. The van der Waals surface area contributed by atoms with E-state index in [0.29, 0.717) is 11.2 Å². The Hall–Kier alpha value is -2.07. The van der Waals surface area contributed by atoms with E-state index in [1.165, 1.54) is 0 Å². The van der Waals surface area contributed by atoms with Gasteiger partial charge in [-0.25, -0.2) is 4.98 Å². The van der Waals surface area contributed by atoms with E-state index in [9.17, 15) is 4.79 Å². The maximum atomic E-state index is 12.8. The van der Waals surface area contributed by atoms with Crippen LogP contribution in [0.3, 0.4) is 0 Å². The topological polar surface area (TPSA) is 34.9 Å². The Balaban J connectivity index is 2.39. The molecule has 0 radical (unpaired) electrons. The number of benzene rings is 2. The summed E-state index contributed by atoms with van der Waals surface area (Å²) >= 11 is 4.27. The molecule has 1 aromatic heterocycles. The van der Waals surface area contributed by atoms with Crippen molar-refractivity contribution in [2.24, 2.45) is 0 Å². The zero-order valence-electron chi connectivity index (χ0n) is 11.3. The first-order valence-electron chi connectivity index (χ1n) is 6.36. The van der Waals surface area contributed by atoms with Crippen molar-refractivity contribution < 1.29 is 0 Å². The highest BCUT2D eigenvalue weighted by Crippen LogP contribution is 2.16. The van der Waals surface area contributed by atoms with Crippen LogP contribution in [0.5, 0.6) is 0 Å². The molecule has 0 aliphatic rings. The number of aromatic nitrogens is 2. The van der Waals surface area contributed by atoms with Crippen molar-refractivity contribution in [3.8, 4) is 5.69 Å². The molecule has 3 rings (SSSR count). The Bertz CT molecular complexity index is 851. The Labute approximate surface area is 122 Å². The molecule has 0 amide bonds. The van der Waals surface area contributed by atoms with Crippen molar-refractivity contribution >= 4 is 23.5 Å². The second-order valence-electron chi connectivity index (χ2n) is 4.79. The van der Waals surface area contributed by atoms with Crippen LogP contribution in [0.15, 0.2) is 52.2 Å². The van der Waals surface area contributed by atoms with E-state index < -0.39 is 0 Å². The van der Waals surface area contributed by atoms with Gasteiger partial charge < -0.3 is 0 Å². The number of aryl methyl sites for hydroxylation is 2. The number of rotatable bonds is 1. The van der Waals surface area contributed by atoms with Crippen LogP contribution in [-0.4, -0.2) is 9.55 Å². The summed E-state index contributed by atoms with van der Waals surface area (Å²) < 4.78 is 1.64. The Morgan fingerprint density at radius 1 is 1.05 bits per heavy atom. The Kier molecular flexibility index (Phi) is 3.10. The average Bonchev–Trinajstić information content (AvgIpc) is 2.40. The standard InChI is InChI=1S/C16H14N2OS/c1-10-4-3-5-14-15(10)16(19)18(11(2)17-14)12-6-8-13(20)9-7-12/h3-9,20H,1-2H3. The third-order valence-electron chi connectivity index (χ3n) is 3.38. The highest BCUT2D eigenvalue weighted by Gasteiger charge is 2.11. The molecule has 0 bridgehead atoms. The van der Waals surface area contributed by atoms with Gasteiger partial charge >= 0.3 is 0 Å². The minimum Gasteiger partial charge on any atom is -0.268 e. The van der Waals surface area contributed by atoms with Gasteiger partial charge in [-0.1, -0.05) is 12.1 Å². The minimum atomic E-state index is -0.0301. The first kappa shape index (κ1) is 12.9. The quantitative estimate of drug-likeness (QED) is 0.695. The van der Waals surface area contributed by atoms with E-state index in [1.54, 1.807) is 4.57 Å². The summed E-state index contributed by atoms with van der Waals surface area (Å²) in [6.45, 7) is 3.78. The molecule has 0 aliphatic carbocycles. The first-order chi connectivity index (χ1) is 9.58. The van der Waals surface area contributed by atoms with E-state index >= 15 is 0 Å². The van der Waals surface area contributed by atoms with Crippen molar-refractivity contribution in [2.75, 3.05) is 0 Å². The predicted molar refractivity (Wildman–Crippen MR) is 84.1 cm³/mol. The van der Waals surface area contributed by atoms with Crippen LogP contribution in [0.4, 0.5) is 0 Å². The van der Waals surface area contributed by atoms with Gasteiger partial charge in [-0.05, 0) is 49.7 Å². The fourth-order valence-corrected chi connectivity index (χ4v) is 2.56. The number of nitrogens with zero attached hydrogens (tertiary/aromatic N) is 2. The van der Waals surface area contributed by atoms with E-state index in [-0.39, 0.29) is 5.56 Å². The second-order valence-corrected chi connectivity index (χ2v) is 5.30. The summed E-state index contributed by atoms with van der Waals surface area (Å²) in [6.07, 6.45) is 0. The fraction of sp³-hybridized carbons (Fsp3) is 0.125. The van der Waals surface area contributed by atoms with Crippen LogP contribution in [0.25, 0.3) is 16.6 Å². The summed E-state index contributed by atoms with van der Waals surface area (Å²) in [5.74, 6) is 0.681. The van der Waals surface area contributed by atoms with Gasteiger partial charge in [-0.3, -0.25) is 9.36 Å². The smallest absolute Gasteiger partial charge is 0.266 e. The maximum Gasteiger partial charge on any atom is 0.266 e. The molecule has 0 saturated carbocycles. The van der Waals surface area contributed by atoms with Crippen LogP contribution in [0, 0.1) is 13.8 Å². The molecule has 0 spiro atoms. The molecule has 20 heavy (non-hydrogen) atoms. The third kappa shape index (κ3) is 2.02. The van der Waals surface area contributed by atoms with Gasteiger partial charge in [0.1, 0.15) is 5.82 Å². The third-order valence-corrected chi connectivity index (χ3v) is 3.68. The van der Waals surface area contributed by atoms with Gasteiger partial charge in [-0.2, -0.15) is 0 Å². The van der Waals surface area contributed by atoms with Crippen LogP contribution < -0.4 is 5.56 Å². The highest BCUT2D eigenvalue weighted by atomic mass is 32.1. The fourth-order valence-electron chi connectivity index (χ4n) is 2.41. The molecule has 4 heteroatoms. The van der Waals surface area contributed by atoms with Crippen LogP contribution in [0.1, 0.15) is 11.4 Å². The van der Waals surface area contributed by atoms with E-state index in [1.807, 2.05) is 56.3 Å². The Morgan fingerprint density at radius 3 is 2.45 bits per heavy atom. The molecule has 0 saturated heterocycles. The van der Waals surface area contributed by atoms with E-state index in [4.69, 9.17) is 0 Å². The molecule has 3 aromatic rings. The van der Waals surface area contributed by atoms with Gasteiger partial charge in [0.25, 0.3) is 5.56 Å². The van der Waals surface area contributed by atoms with Crippen LogP contribution >= 0.6 is 12.6 Å². The molecule has 0 unspecified atom stereocenters. The number of thiol groups is 1. The van der Waals surface area contributed by atoms with Gasteiger partial charge in [-0.15, -0.1) is 12.6 Å². The number of hydrogen-bond acceptors (Lipinski definition) is 3. The molecule has 100 valence electrons. The van der Waals surface area contributed by atoms with E-state index in [2.05, 4.69) is 17.6 Å². The van der Waals surface area contributed by atoms with Crippen molar-refractivity contribution in [1.82, 2.24) is 9.55 Å². The summed E-state index contributed by atoms with van der Waals surface area (Å²) in [5, 5.41) is 0.674. The molecule has 1 heterocycles. The molecule has 0 fully saturated rings. The van der Waals surface area contributed by atoms with Gasteiger partial charge in [0.15, 0.2) is 0 Å². The van der Waals surface area contributed by atoms with Gasteiger partial charge in [0.2, 0.25) is 0 Å². The zero-order valence-corrected chi connectivity index (χ0v) is 12.2. The lowest BCUT2D eigenvalue weighted by Gasteiger charge is -2.12. The molecule has 0 N–H and O–H groups in total. The van der Waals surface area contributed by atoms with Crippen LogP contribution in [-0.2, 0) is 0 Å². The average molecular weight is 282 g/mol. The van der Waals surface area contributed by atoms with Gasteiger partial charge in [0, 0.05) is 4.90 Å². The summed E-state index contributed by atoms with van der Waals surface area (Å²) in [6, 6.07) is 13.2. The molecule has 0 aliphatic heterocycles. The Morgan fingerprint density at radius 2 is 1.75 bits per heavy atom. The second kappa shape index (κ2) is 4.80. The largest absolute Gasteiger partial charge is 0.268 e. The normalized spacial score (nSPS) is 10.9. The molecule has 2 aromatic carbocycles. The summed E-state index contributed by atoms with van der Waals surface area (Å²) in [4.78, 5) is 18.2. The van der Waals surface area contributed by atoms with E-state index in [0.717, 1.165) is 21.7 Å². The molecule has 0 atom stereocenters.